The molecule has 1 amide bonds. The summed E-state index contributed by atoms with van der Waals surface area (Å²) in [6, 6.07) is 0.853. The normalized spacial score (nSPS) is 12.9. The molecule has 0 fully saturated rings. The van der Waals surface area contributed by atoms with E-state index in [1.54, 1.807) is 0 Å². The largest absolute Gasteiger partial charge is 0.465 e. The predicted molar refractivity (Wildman–Crippen MR) is 62.4 cm³/mol. The van der Waals surface area contributed by atoms with Gasteiger partial charge in [0, 0.05) is 6.07 Å². The first kappa shape index (κ1) is 13.0. The Bertz CT molecular complexity index is 654. The van der Waals surface area contributed by atoms with E-state index in [1.807, 2.05) is 0 Å². The van der Waals surface area contributed by atoms with Gasteiger partial charge in [-0.1, -0.05) is 11.6 Å². The fourth-order valence-corrected chi connectivity index (χ4v) is 1.98. The molecule has 0 unspecified atom stereocenters. The van der Waals surface area contributed by atoms with Crippen molar-refractivity contribution in [1.29, 1.82) is 0 Å². The molecule has 0 aliphatic carbocycles. The van der Waals surface area contributed by atoms with Crippen LogP contribution in [0.15, 0.2) is 6.07 Å². The molecule has 1 heterocycles. The summed E-state index contributed by atoms with van der Waals surface area (Å²) in [5.74, 6) is -2.97. The van der Waals surface area contributed by atoms with Gasteiger partial charge in [-0.3, -0.25) is 19.7 Å². The topological polar surface area (TPSA) is 116 Å². The molecule has 0 saturated carbocycles. The number of Topliss-reactive ketones (excluding diaryl/α,β-unsaturated/α-hetero) is 1. The third-order valence-electron chi connectivity index (χ3n) is 2.52. The molecule has 1 aliphatic heterocycles. The summed E-state index contributed by atoms with van der Waals surface area (Å²) in [6.45, 7) is 0. The van der Waals surface area contributed by atoms with E-state index in [-0.39, 0.29) is 16.8 Å². The SMILES string of the molecule is COC(=O)c1cc([N+](=O)[O-])c(Cl)c2c1NC(=O)C2=O. The number of hydrogen-bond donors (Lipinski definition) is 1. The average Bonchev–Trinajstić information content (AvgIpc) is 2.65. The van der Waals surface area contributed by atoms with Gasteiger partial charge in [0.25, 0.3) is 17.4 Å². The van der Waals surface area contributed by atoms with Crippen LogP contribution in [0.1, 0.15) is 20.7 Å². The third kappa shape index (κ3) is 1.82. The van der Waals surface area contributed by atoms with Gasteiger partial charge in [-0.15, -0.1) is 0 Å². The molecule has 0 bridgehead atoms. The van der Waals surface area contributed by atoms with E-state index in [9.17, 15) is 24.5 Å². The first-order valence-electron chi connectivity index (χ1n) is 4.83. The highest BCUT2D eigenvalue weighted by Gasteiger charge is 2.38. The highest BCUT2D eigenvalue weighted by Crippen LogP contribution is 2.39. The Morgan fingerprint density at radius 2 is 2.11 bits per heavy atom. The predicted octanol–water partition coefficient (Wildman–Crippen LogP) is 1.17. The number of esters is 1. The van der Waals surface area contributed by atoms with Crippen molar-refractivity contribution in [3.8, 4) is 0 Å². The van der Waals surface area contributed by atoms with Crippen molar-refractivity contribution in [3.05, 3.63) is 32.3 Å². The molecule has 1 N–H and O–H groups in total. The number of nitrogens with one attached hydrogen (secondary N) is 1. The lowest BCUT2D eigenvalue weighted by atomic mass is 10.1. The van der Waals surface area contributed by atoms with Crippen LogP contribution in [0.2, 0.25) is 5.02 Å². The zero-order chi connectivity index (χ0) is 14.3. The summed E-state index contributed by atoms with van der Waals surface area (Å²) < 4.78 is 4.44. The van der Waals surface area contributed by atoms with Crippen molar-refractivity contribution in [2.75, 3.05) is 12.4 Å². The van der Waals surface area contributed by atoms with Gasteiger partial charge in [0.1, 0.15) is 5.02 Å². The van der Waals surface area contributed by atoms with Crippen LogP contribution in [0.25, 0.3) is 0 Å². The average molecular weight is 285 g/mol. The Hall–Kier alpha value is -2.48. The van der Waals surface area contributed by atoms with Crippen LogP contribution in [-0.2, 0) is 9.53 Å². The molecule has 8 nitrogen and oxygen atoms in total. The van der Waals surface area contributed by atoms with E-state index in [2.05, 4.69) is 10.1 Å². The molecular formula is C10H5ClN2O6. The van der Waals surface area contributed by atoms with Crippen molar-refractivity contribution in [2.45, 2.75) is 0 Å². The molecule has 0 atom stereocenters. The van der Waals surface area contributed by atoms with E-state index in [4.69, 9.17) is 11.6 Å². The number of rotatable bonds is 2. The van der Waals surface area contributed by atoms with Crippen molar-refractivity contribution >= 4 is 40.6 Å². The molecule has 0 spiro atoms. The number of fused-ring (bicyclic) bond motifs is 1. The van der Waals surface area contributed by atoms with Crippen LogP contribution in [0.4, 0.5) is 11.4 Å². The molecule has 2 rings (SSSR count). The van der Waals surface area contributed by atoms with Crippen LogP contribution in [0, 0.1) is 10.1 Å². The summed E-state index contributed by atoms with van der Waals surface area (Å²) in [5, 5.41) is 12.5. The first-order chi connectivity index (χ1) is 8.88. The molecule has 9 heteroatoms. The first-order valence-corrected chi connectivity index (χ1v) is 5.21. The number of ether oxygens (including phenoxy) is 1. The number of nitro groups is 1. The van der Waals surface area contributed by atoms with Crippen molar-refractivity contribution in [3.63, 3.8) is 0 Å². The lowest BCUT2D eigenvalue weighted by Gasteiger charge is -2.07. The lowest BCUT2D eigenvalue weighted by molar-refractivity contribution is -0.384. The summed E-state index contributed by atoms with van der Waals surface area (Å²) in [7, 11) is 1.06. The van der Waals surface area contributed by atoms with Crippen molar-refractivity contribution in [2.24, 2.45) is 0 Å². The molecule has 1 aliphatic rings. The molecule has 1 aromatic rings. The molecule has 19 heavy (non-hydrogen) atoms. The second kappa shape index (κ2) is 4.32. The van der Waals surface area contributed by atoms with Crippen LogP contribution in [-0.4, -0.2) is 29.7 Å². The Labute approximate surface area is 110 Å². The Morgan fingerprint density at radius 1 is 1.47 bits per heavy atom. The number of benzene rings is 1. The zero-order valence-corrected chi connectivity index (χ0v) is 10.1. The highest BCUT2D eigenvalue weighted by atomic mass is 35.5. The van der Waals surface area contributed by atoms with E-state index in [0.717, 1.165) is 13.2 Å². The maximum atomic E-state index is 11.6. The fraction of sp³-hybridized carbons (Fsp3) is 0.100. The number of methoxy groups -OCH3 is 1. The second-order valence-electron chi connectivity index (χ2n) is 3.54. The number of anilines is 1. The Balaban J connectivity index is 2.82. The summed E-state index contributed by atoms with van der Waals surface area (Å²) in [4.78, 5) is 44.4. The maximum Gasteiger partial charge on any atom is 0.340 e. The Kier molecular flexibility index (Phi) is 2.95. The minimum Gasteiger partial charge on any atom is -0.465 e. The third-order valence-corrected chi connectivity index (χ3v) is 2.90. The lowest BCUT2D eigenvalue weighted by Crippen LogP contribution is -2.13. The summed E-state index contributed by atoms with van der Waals surface area (Å²) in [6.07, 6.45) is 0. The number of amides is 1. The number of carbonyl (C=O) groups excluding carboxylic acids is 3. The highest BCUT2D eigenvalue weighted by molar-refractivity contribution is 6.55. The van der Waals surface area contributed by atoms with E-state index in [1.165, 1.54) is 0 Å². The van der Waals surface area contributed by atoms with Crippen molar-refractivity contribution in [1.82, 2.24) is 0 Å². The summed E-state index contributed by atoms with van der Waals surface area (Å²) in [5.41, 5.74) is -1.50. The molecular weight excluding hydrogens is 280 g/mol. The summed E-state index contributed by atoms with van der Waals surface area (Å²) >= 11 is 5.72. The number of nitro benzene ring substituents is 1. The number of hydrogen-bond acceptors (Lipinski definition) is 6. The van der Waals surface area contributed by atoms with Gasteiger partial charge in [0.15, 0.2) is 0 Å². The van der Waals surface area contributed by atoms with Gasteiger partial charge >= 0.3 is 5.97 Å². The molecule has 1 aromatic carbocycles. The second-order valence-corrected chi connectivity index (χ2v) is 3.92. The molecule has 0 aromatic heterocycles. The smallest absolute Gasteiger partial charge is 0.340 e. The maximum absolute atomic E-state index is 11.6. The number of carbonyl (C=O) groups is 3. The molecule has 0 saturated heterocycles. The Morgan fingerprint density at radius 3 is 2.63 bits per heavy atom. The number of ketones is 1. The molecule has 98 valence electrons. The van der Waals surface area contributed by atoms with Crippen LogP contribution >= 0.6 is 11.6 Å². The zero-order valence-electron chi connectivity index (χ0n) is 9.35. The van der Waals surface area contributed by atoms with Gasteiger partial charge in [0.2, 0.25) is 0 Å². The van der Waals surface area contributed by atoms with Crippen LogP contribution in [0.3, 0.4) is 0 Å². The molecule has 0 radical (unpaired) electrons. The number of halogens is 1. The van der Waals surface area contributed by atoms with E-state index in [0.29, 0.717) is 0 Å². The van der Waals surface area contributed by atoms with Crippen molar-refractivity contribution < 1.29 is 24.0 Å². The van der Waals surface area contributed by atoms with E-state index >= 15 is 0 Å². The van der Waals surface area contributed by atoms with E-state index < -0.39 is 33.3 Å². The van der Waals surface area contributed by atoms with Gasteiger partial charge in [-0.05, 0) is 0 Å². The quantitative estimate of drug-likeness (QED) is 0.377. The standard InChI is InChI=1S/C10H5ClN2O6/c1-19-10(16)3-2-4(13(17)18)6(11)5-7(3)12-9(15)8(5)14/h2H,1H3,(H,12,14,15). The number of nitrogens with zero attached hydrogens (tertiary/aromatic N) is 1. The van der Waals surface area contributed by atoms with Gasteiger partial charge in [-0.25, -0.2) is 4.79 Å². The minimum atomic E-state index is -1.03. The minimum absolute atomic E-state index is 0.169. The van der Waals surface area contributed by atoms with Gasteiger partial charge in [-0.2, -0.15) is 0 Å². The van der Waals surface area contributed by atoms with Crippen LogP contribution < -0.4 is 5.32 Å². The monoisotopic (exact) mass is 284 g/mol. The van der Waals surface area contributed by atoms with Gasteiger partial charge in [0.05, 0.1) is 28.8 Å². The van der Waals surface area contributed by atoms with Crippen LogP contribution in [0.5, 0.6) is 0 Å². The fourth-order valence-electron chi connectivity index (χ4n) is 1.68. The van der Waals surface area contributed by atoms with Gasteiger partial charge < -0.3 is 10.1 Å².